The molecule has 0 aliphatic carbocycles. The maximum absolute atomic E-state index is 11.9. The van der Waals surface area contributed by atoms with Crippen LogP contribution in [0.25, 0.3) is 4.98 Å². The molecule has 1 heterocycles. The van der Waals surface area contributed by atoms with Crippen molar-refractivity contribution >= 4 is 21.7 Å². The Balaban J connectivity index is 2.15. The van der Waals surface area contributed by atoms with Crippen molar-refractivity contribution in [3.05, 3.63) is 76.8 Å². The van der Waals surface area contributed by atoms with Gasteiger partial charge in [-0.15, -0.1) is 0 Å². The predicted molar refractivity (Wildman–Crippen MR) is 84.8 cm³/mol. The van der Waals surface area contributed by atoms with Crippen LogP contribution >= 0.6 is 10.8 Å². The Morgan fingerprint density at radius 2 is 1.55 bits per heavy atom. The van der Waals surface area contributed by atoms with Crippen LogP contribution in [0.5, 0.6) is 0 Å². The van der Waals surface area contributed by atoms with Gasteiger partial charge in [0.25, 0.3) is 0 Å². The van der Waals surface area contributed by atoms with E-state index in [9.17, 15) is 9.35 Å². The van der Waals surface area contributed by atoms with Crippen molar-refractivity contribution in [1.29, 1.82) is 5.39 Å². The molecular weight excluding hydrogens is 300 g/mol. The van der Waals surface area contributed by atoms with Crippen LogP contribution in [0.15, 0.2) is 60.7 Å². The number of carbonyl (C=O) groups excluding carboxylic acids is 1. The zero-order chi connectivity index (χ0) is 15.5. The van der Waals surface area contributed by atoms with E-state index in [-0.39, 0.29) is 4.99 Å². The number of cyclic esters (lactones) is 1. The van der Waals surface area contributed by atoms with Crippen molar-refractivity contribution < 1.29 is 14.1 Å². The van der Waals surface area contributed by atoms with Gasteiger partial charge >= 0.3 is 11.0 Å². The van der Waals surface area contributed by atoms with E-state index in [2.05, 4.69) is 4.98 Å². The maximum atomic E-state index is 11.9. The molecule has 0 aromatic heterocycles. The molecule has 3 atom stereocenters. The van der Waals surface area contributed by atoms with Gasteiger partial charge in [0, 0.05) is 0 Å². The first-order valence-corrected chi connectivity index (χ1v) is 7.92. The molecule has 0 saturated heterocycles. The molecule has 1 aliphatic rings. The second-order valence-electron chi connectivity index (χ2n) is 4.79. The van der Waals surface area contributed by atoms with E-state index in [1.54, 1.807) is 0 Å². The molecule has 0 spiro atoms. The van der Waals surface area contributed by atoms with Gasteiger partial charge in [0.1, 0.15) is 6.10 Å². The third-order valence-electron chi connectivity index (χ3n) is 3.47. The number of hydrogen-bond acceptors (Lipinski definition) is 4. The zero-order valence-electron chi connectivity index (χ0n) is 11.5. The lowest BCUT2D eigenvalue weighted by Gasteiger charge is -2.29. The molecule has 110 valence electrons. The molecule has 0 bridgehead atoms. The SMILES string of the molecule is N#[N+]C1=S(O)[C@@H](c2ccccc2)[C@@H](c2ccccc2)OC1=O. The minimum atomic E-state index is -1.55. The lowest BCUT2D eigenvalue weighted by molar-refractivity contribution is -0.141. The quantitative estimate of drug-likeness (QED) is 0.520. The van der Waals surface area contributed by atoms with E-state index in [0.29, 0.717) is 0 Å². The lowest BCUT2D eigenvalue weighted by Crippen LogP contribution is -2.28. The highest BCUT2D eigenvalue weighted by atomic mass is 32.2. The number of benzene rings is 2. The van der Waals surface area contributed by atoms with E-state index in [4.69, 9.17) is 10.1 Å². The summed E-state index contributed by atoms with van der Waals surface area (Å²) in [4.78, 5) is 14.5. The number of esters is 1. The lowest BCUT2D eigenvalue weighted by atomic mass is 10.0. The van der Waals surface area contributed by atoms with Crippen LogP contribution in [0.3, 0.4) is 0 Å². The summed E-state index contributed by atoms with van der Waals surface area (Å²) in [6, 6.07) is 18.5. The molecule has 5 nitrogen and oxygen atoms in total. The highest BCUT2D eigenvalue weighted by Crippen LogP contribution is 2.48. The van der Waals surface area contributed by atoms with E-state index in [0.717, 1.165) is 11.1 Å². The Hall–Kier alpha value is -2.49. The van der Waals surface area contributed by atoms with E-state index < -0.39 is 28.1 Å². The van der Waals surface area contributed by atoms with Crippen LogP contribution < -0.4 is 0 Å². The molecular formula is C16H13N2O3S+. The molecule has 1 aliphatic heterocycles. The van der Waals surface area contributed by atoms with Gasteiger partial charge in [-0.1, -0.05) is 60.7 Å². The van der Waals surface area contributed by atoms with Gasteiger partial charge in [-0.05, 0) is 11.1 Å². The number of ether oxygens (including phenoxy) is 1. The van der Waals surface area contributed by atoms with Crippen molar-refractivity contribution in [3.63, 3.8) is 0 Å². The van der Waals surface area contributed by atoms with E-state index >= 15 is 0 Å². The first-order valence-electron chi connectivity index (χ1n) is 6.67. The molecule has 6 heteroatoms. The second kappa shape index (κ2) is 6.10. The Morgan fingerprint density at radius 3 is 2.09 bits per heavy atom. The van der Waals surface area contributed by atoms with Crippen LogP contribution in [0, 0.1) is 5.39 Å². The largest absolute Gasteiger partial charge is 0.517 e. The highest BCUT2D eigenvalue weighted by Gasteiger charge is 2.45. The normalized spacial score (nSPS) is 24.5. The Bertz CT molecular complexity index is 769. The van der Waals surface area contributed by atoms with Gasteiger partial charge in [0.15, 0.2) is 4.98 Å². The van der Waals surface area contributed by atoms with Crippen molar-refractivity contribution in [3.8, 4) is 0 Å². The van der Waals surface area contributed by atoms with Crippen molar-refractivity contribution in [2.24, 2.45) is 0 Å². The molecule has 3 rings (SSSR count). The van der Waals surface area contributed by atoms with Crippen molar-refractivity contribution in [2.45, 2.75) is 11.4 Å². The summed E-state index contributed by atoms with van der Waals surface area (Å²) in [5.74, 6) is -0.797. The minimum Gasteiger partial charge on any atom is -0.446 e. The van der Waals surface area contributed by atoms with Gasteiger partial charge in [-0.3, -0.25) is 0 Å². The number of rotatable bonds is 2. The summed E-state index contributed by atoms with van der Waals surface area (Å²) in [6.45, 7) is 0. The fourth-order valence-corrected chi connectivity index (χ4v) is 3.87. The number of carbonyl (C=O) groups is 1. The van der Waals surface area contributed by atoms with Gasteiger partial charge in [0.05, 0.1) is 16.0 Å². The van der Waals surface area contributed by atoms with Crippen molar-refractivity contribution in [1.82, 2.24) is 0 Å². The second-order valence-corrected chi connectivity index (χ2v) is 6.31. The summed E-state index contributed by atoms with van der Waals surface area (Å²) in [6.07, 6.45) is -0.630. The summed E-state index contributed by atoms with van der Waals surface area (Å²) >= 11 is 0. The maximum Gasteiger partial charge on any atom is 0.517 e. The van der Waals surface area contributed by atoms with Crippen molar-refractivity contribution in [2.75, 3.05) is 0 Å². The molecule has 0 saturated carbocycles. The monoisotopic (exact) mass is 313 g/mol. The smallest absolute Gasteiger partial charge is 0.446 e. The third-order valence-corrected chi connectivity index (χ3v) is 5.11. The molecule has 2 aromatic rings. The molecule has 0 amide bonds. The first-order chi connectivity index (χ1) is 10.7. The minimum absolute atomic E-state index is 0.346. The van der Waals surface area contributed by atoms with Crippen LogP contribution in [-0.4, -0.2) is 15.5 Å². The molecule has 0 radical (unpaired) electrons. The standard InChI is InChI=1S/C16H12N2O3S/c17-18-15-16(19)21-13(11-7-3-1-4-8-11)14(22(15)20)12-9-5-2-6-10-12/h1-10,13-14H/p+1/t13-,14+,22?/m1/s1. The summed E-state index contributed by atoms with van der Waals surface area (Å²) in [5.41, 5.74) is 1.60. The third kappa shape index (κ3) is 2.52. The van der Waals surface area contributed by atoms with E-state index in [1.807, 2.05) is 60.7 Å². The van der Waals surface area contributed by atoms with Crippen LogP contribution in [0.2, 0.25) is 0 Å². The molecule has 1 N–H and O–H groups in total. The van der Waals surface area contributed by atoms with Gasteiger partial charge in [-0.2, -0.15) is 0 Å². The first kappa shape index (κ1) is 14.4. The van der Waals surface area contributed by atoms with Gasteiger partial charge in [0.2, 0.25) is 5.39 Å². The highest BCUT2D eigenvalue weighted by molar-refractivity contribution is 8.12. The Labute approximate surface area is 129 Å². The molecule has 2 aromatic carbocycles. The van der Waals surface area contributed by atoms with Crippen LogP contribution in [0.4, 0.5) is 0 Å². The molecule has 1 unspecified atom stereocenters. The topological polar surface area (TPSA) is 74.7 Å². The number of nitrogens with zero attached hydrogens (tertiary/aromatic N) is 2. The Morgan fingerprint density at radius 1 is 1.00 bits per heavy atom. The fourth-order valence-electron chi connectivity index (χ4n) is 2.46. The number of diazo groups is 1. The average Bonchev–Trinajstić information content (AvgIpc) is 2.56. The average molecular weight is 313 g/mol. The van der Waals surface area contributed by atoms with Crippen LogP contribution in [0.1, 0.15) is 22.5 Å². The summed E-state index contributed by atoms with van der Waals surface area (Å²) in [7, 11) is -1.55. The summed E-state index contributed by atoms with van der Waals surface area (Å²) < 4.78 is 16.0. The van der Waals surface area contributed by atoms with E-state index in [1.165, 1.54) is 0 Å². The molecule has 0 fully saturated rings. The number of hydrogen-bond donors (Lipinski definition) is 1. The summed E-state index contributed by atoms with van der Waals surface area (Å²) in [5, 5.41) is 8.48. The Kier molecular flexibility index (Phi) is 4.00. The predicted octanol–water partition coefficient (Wildman–Crippen LogP) is 3.75. The van der Waals surface area contributed by atoms with Gasteiger partial charge < -0.3 is 9.29 Å². The van der Waals surface area contributed by atoms with Crippen LogP contribution in [-0.2, 0) is 9.53 Å². The molecule has 22 heavy (non-hydrogen) atoms. The fraction of sp³-hybridized carbons (Fsp3) is 0.125. The van der Waals surface area contributed by atoms with Gasteiger partial charge in [-0.25, -0.2) is 4.79 Å². The zero-order valence-corrected chi connectivity index (χ0v) is 12.3.